The molecule has 0 aliphatic carbocycles. The normalized spacial score (nSPS) is 11.2. The second-order valence-electron chi connectivity index (χ2n) is 5.08. The Labute approximate surface area is 126 Å². The third-order valence-electron chi connectivity index (χ3n) is 3.57. The van der Waals surface area contributed by atoms with Crippen LogP contribution in [0.1, 0.15) is 11.1 Å². The Balaban J connectivity index is 1.95. The van der Waals surface area contributed by atoms with Gasteiger partial charge in [0.15, 0.2) is 4.77 Å². The van der Waals surface area contributed by atoms with Crippen LogP contribution in [-0.4, -0.2) is 9.55 Å². The molecule has 3 aromatic rings. The van der Waals surface area contributed by atoms with Gasteiger partial charge < -0.3 is 9.55 Å². The van der Waals surface area contributed by atoms with Gasteiger partial charge in [-0.1, -0.05) is 12.1 Å². The predicted octanol–water partition coefficient (Wildman–Crippen LogP) is 4.53. The fourth-order valence-electron chi connectivity index (χ4n) is 2.44. The molecule has 0 unspecified atom stereocenters. The Morgan fingerprint density at radius 1 is 1.19 bits per heavy atom. The molecule has 1 heterocycles. The van der Waals surface area contributed by atoms with Gasteiger partial charge in [-0.25, -0.2) is 8.78 Å². The molecule has 0 aliphatic rings. The summed E-state index contributed by atoms with van der Waals surface area (Å²) >= 11 is 5.29. The number of hydrogen-bond acceptors (Lipinski definition) is 1. The molecule has 0 fully saturated rings. The number of hydrogen-bond donors (Lipinski definition) is 1. The van der Waals surface area contributed by atoms with E-state index in [1.807, 2.05) is 10.6 Å². The van der Waals surface area contributed by atoms with Crippen molar-refractivity contribution >= 4 is 23.3 Å². The second kappa shape index (κ2) is 5.41. The van der Waals surface area contributed by atoms with Gasteiger partial charge in [-0.3, -0.25) is 0 Å². The summed E-state index contributed by atoms with van der Waals surface area (Å²) in [5.74, 6) is -0.496. The Bertz CT molecular complexity index is 864. The largest absolute Gasteiger partial charge is 0.330 e. The second-order valence-corrected chi connectivity index (χ2v) is 5.47. The highest BCUT2D eigenvalue weighted by atomic mass is 32.1. The molecule has 0 atom stereocenters. The number of fused-ring (bicyclic) bond motifs is 1. The smallest absolute Gasteiger partial charge is 0.178 e. The van der Waals surface area contributed by atoms with E-state index in [9.17, 15) is 8.78 Å². The zero-order chi connectivity index (χ0) is 15.0. The van der Waals surface area contributed by atoms with E-state index in [1.54, 1.807) is 19.1 Å². The summed E-state index contributed by atoms with van der Waals surface area (Å²) in [6.45, 7) is 2.34. The van der Waals surface area contributed by atoms with Gasteiger partial charge in [0.2, 0.25) is 0 Å². The molecule has 0 amide bonds. The topological polar surface area (TPSA) is 20.7 Å². The standard InChI is InChI=1S/C16H14F2N2S/c1-10-7-15-14(9-13(10)18)19-16(21)20(15)6-5-11-3-2-4-12(17)8-11/h2-4,7-9H,5-6H2,1H3,(H,19,21). The van der Waals surface area contributed by atoms with Crippen molar-refractivity contribution in [1.82, 2.24) is 9.55 Å². The maximum Gasteiger partial charge on any atom is 0.178 e. The molecule has 0 bridgehead atoms. The van der Waals surface area contributed by atoms with Crippen LogP contribution in [0.2, 0.25) is 0 Å². The fourth-order valence-corrected chi connectivity index (χ4v) is 2.74. The van der Waals surface area contributed by atoms with E-state index in [0.29, 0.717) is 28.8 Å². The van der Waals surface area contributed by atoms with Gasteiger partial charge in [0.1, 0.15) is 11.6 Å². The Hall–Kier alpha value is -2.01. The van der Waals surface area contributed by atoms with Crippen molar-refractivity contribution in [3.63, 3.8) is 0 Å². The number of halogens is 2. The maximum atomic E-state index is 13.6. The third kappa shape index (κ3) is 2.74. The van der Waals surface area contributed by atoms with E-state index in [-0.39, 0.29) is 11.6 Å². The van der Waals surface area contributed by atoms with Crippen LogP contribution in [0.5, 0.6) is 0 Å². The van der Waals surface area contributed by atoms with Crippen molar-refractivity contribution in [3.8, 4) is 0 Å². The van der Waals surface area contributed by atoms with Crippen molar-refractivity contribution in [2.75, 3.05) is 0 Å². The molecule has 0 spiro atoms. The molecule has 3 rings (SSSR count). The summed E-state index contributed by atoms with van der Waals surface area (Å²) in [6, 6.07) is 9.75. The molecule has 1 aromatic heterocycles. The van der Waals surface area contributed by atoms with Crippen LogP contribution < -0.4 is 0 Å². The first-order chi connectivity index (χ1) is 10.0. The van der Waals surface area contributed by atoms with Crippen LogP contribution in [0, 0.1) is 23.3 Å². The van der Waals surface area contributed by atoms with E-state index < -0.39 is 0 Å². The first-order valence-electron chi connectivity index (χ1n) is 6.68. The lowest BCUT2D eigenvalue weighted by Gasteiger charge is -2.06. The number of rotatable bonds is 3. The summed E-state index contributed by atoms with van der Waals surface area (Å²) in [5, 5.41) is 0. The quantitative estimate of drug-likeness (QED) is 0.705. The van der Waals surface area contributed by atoms with E-state index >= 15 is 0 Å². The minimum atomic E-state index is -0.254. The Kier molecular flexibility index (Phi) is 3.59. The first kappa shape index (κ1) is 13.9. The van der Waals surface area contributed by atoms with Gasteiger partial charge in [0, 0.05) is 6.54 Å². The fraction of sp³-hybridized carbons (Fsp3) is 0.188. The van der Waals surface area contributed by atoms with E-state index in [0.717, 1.165) is 11.1 Å². The summed E-state index contributed by atoms with van der Waals surface area (Å²) < 4.78 is 29.2. The molecule has 5 heteroatoms. The van der Waals surface area contributed by atoms with Crippen molar-refractivity contribution < 1.29 is 8.78 Å². The minimum absolute atomic E-state index is 0.243. The van der Waals surface area contributed by atoms with Crippen LogP contribution >= 0.6 is 12.2 Å². The summed E-state index contributed by atoms with van der Waals surface area (Å²) in [5.41, 5.74) is 3.04. The number of nitrogens with one attached hydrogen (secondary N) is 1. The van der Waals surface area contributed by atoms with Crippen LogP contribution in [0.25, 0.3) is 11.0 Å². The monoisotopic (exact) mass is 304 g/mol. The van der Waals surface area contributed by atoms with Crippen molar-refractivity contribution in [1.29, 1.82) is 0 Å². The average molecular weight is 304 g/mol. The number of aromatic nitrogens is 2. The van der Waals surface area contributed by atoms with Crippen LogP contribution in [0.4, 0.5) is 8.78 Å². The van der Waals surface area contributed by atoms with Gasteiger partial charge in [-0.2, -0.15) is 0 Å². The van der Waals surface area contributed by atoms with Crippen LogP contribution in [0.15, 0.2) is 36.4 Å². The number of imidazole rings is 1. The molecule has 2 aromatic carbocycles. The summed E-state index contributed by atoms with van der Waals surface area (Å²) in [7, 11) is 0. The lowest BCUT2D eigenvalue weighted by atomic mass is 10.1. The molecule has 1 N–H and O–H groups in total. The number of H-pyrrole nitrogens is 1. The van der Waals surface area contributed by atoms with E-state index in [2.05, 4.69) is 4.98 Å². The minimum Gasteiger partial charge on any atom is -0.330 e. The number of aromatic amines is 1. The van der Waals surface area contributed by atoms with Gasteiger partial charge in [0.25, 0.3) is 0 Å². The first-order valence-corrected chi connectivity index (χ1v) is 7.08. The Morgan fingerprint density at radius 3 is 2.76 bits per heavy atom. The van der Waals surface area contributed by atoms with Crippen LogP contribution in [0.3, 0.4) is 0 Å². The highest BCUT2D eigenvalue weighted by Gasteiger charge is 2.08. The summed E-state index contributed by atoms with van der Waals surface area (Å²) in [4.78, 5) is 3.01. The molecule has 0 saturated heterocycles. The highest BCUT2D eigenvalue weighted by molar-refractivity contribution is 7.71. The molecular formula is C16H14F2N2S. The highest BCUT2D eigenvalue weighted by Crippen LogP contribution is 2.19. The summed E-state index contributed by atoms with van der Waals surface area (Å²) in [6.07, 6.45) is 0.662. The van der Waals surface area contributed by atoms with Crippen molar-refractivity contribution in [3.05, 3.63) is 63.9 Å². The molecule has 2 nitrogen and oxygen atoms in total. The van der Waals surface area contributed by atoms with Gasteiger partial charge in [-0.05, 0) is 61.0 Å². The zero-order valence-corrected chi connectivity index (χ0v) is 12.3. The van der Waals surface area contributed by atoms with E-state index in [4.69, 9.17) is 12.2 Å². The third-order valence-corrected chi connectivity index (χ3v) is 3.89. The number of aryl methyl sites for hydroxylation is 3. The number of benzene rings is 2. The molecular weight excluding hydrogens is 290 g/mol. The molecule has 21 heavy (non-hydrogen) atoms. The number of nitrogens with zero attached hydrogens (tertiary/aromatic N) is 1. The molecule has 0 radical (unpaired) electrons. The van der Waals surface area contributed by atoms with Gasteiger partial charge in [-0.15, -0.1) is 0 Å². The lowest BCUT2D eigenvalue weighted by molar-refractivity contribution is 0.619. The zero-order valence-electron chi connectivity index (χ0n) is 11.5. The van der Waals surface area contributed by atoms with Gasteiger partial charge >= 0.3 is 0 Å². The van der Waals surface area contributed by atoms with Crippen molar-refractivity contribution in [2.45, 2.75) is 19.9 Å². The molecule has 108 valence electrons. The lowest BCUT2D eigenvalue weighted by Crippen LogP contribution is -2.02. The molecule has 0 aliphatic heterocycles. The average Bonchev–Trinajstić information content (AvgIpc) is 2.72. The van der Waals surface area contributed by atoms with Crippen LogP contribution in [-0.2, 0) is 13.0 Å². The Morgan fingerprint density at radius 2 is 2.00 bits per heavy atom. The van der Waals surface area contributed by atoms with Crippen molar-refractivity contribution in [2.24, 2.45) is 0 Å². The SMILES string of the molecule is Cc1cc2c(cc1F)[nH]c(=S)n2CCc1cccc(F)c1. The van der Waals surface area contributed by atoms with Gasteiger partial charge in [0.05, 0.1) is 11.0 Å². The maximum absolute atomic E-state index is 13.6. The molecule has 0 saturated carbocycles. The predicted molar refractivity (Wildman–Crippen MR) is 81.9 cm³/mol. The van der Waals surface area contributed by atoms with E-state index in [1.165, 1.54) is 18.2 Å².